The Kier molecular flexibility index (Phi) is 9.53. The largest absolute Gasteiger partial charge is 0.496 e. The Hall–Kier alpha value is -4.45. The first kappa shape index (κ1) is 31.5. The molecular formula is C33H40ClN9O3. The molecule has 2 N–H and O–H groups in total. The van der Waals surface area contributed by atoms with E-state index in [0.717, 1.165) is 29.3 Å². The molecule has 1 aliphatic rings. The topological polar surface area (TPSA) is 138 Å². The first-order valence-corrected chi connectivity index (χ1v) is 16.2. The van der Waals surface area contributed by atoms with Crippen LogP contribution in [0.4, 0.5) is 5.95 Å². The molecule has 0 aliphatic heterocycles. The van der Waals surface area contributed by atoms with Gasteiger partial charge in [0.15, 0.2) is 11.6 Å². The lowest BCUT2D eigenvalue weighted by atomic mass is 9.87. The Balaban J connectivity index is 1.33. The molecule has 0 spiro atoms. The summed E-state index contributed by atoms with van der Waals surface area (Å²) in [7, 11) is 3.16. The molecule has 2 aromatic carbocycles. The van der Waals surface area contributed by atoms with Crippen LogP contribution in [-0.4, -0.2) is 60.1 Å². The third-order valence-corrected chi connectivity index (χ3v) is 9.41. The molecule has 0 atom stereocenters. The van der Waals surface area contributed by atoms with Gasteiger partial charge in [-0.3, -0.25) is 10.1 Å². The number of methoxy groups -OCH3 is 2. The molecule has 46 heavy (non-hydrogen) atoms. The lowest BCUT2D eigenvalue weighted by Gasteiger charge is -2.21. The minimum Gasteiger partial charge on any atom is -0.496 e. The van der Waals surface area contributed by atoms with E-state index in [0.29, 0.717) is 64.9 Å². The Morgan fingerprint density at radius 3 is 2.61 bits per heavy atom. The molecular weight excluding hydrogens is 606 g/mol. The number of benzene rings is 2. The fourth-order valence-corrected chi connectivity index (χ4v) is 6.66. The lowest BCUT2D eigenvalue weighted by Crippen LogP contribution is -2.18. The Morgan fingerprint density at radius 1 is 1.07 bits per heavy atom. The number of nitrogens with zero attached hydrogens (tertiary/aromatic N) is 7. The van der Waals surface area contributed by atoms with Crippen LogP contribution in [0.25, 0.3) is 22.3 Å². The van der Waals surface area contributed by atoms with Crippen molar-refractivity contribution >= 4 is 34.4 Å². The number of aromatic amines is 1. The number of nitrogens with one attached hydrogen (secondary N) is 2. The van der Waals surface area contributed by atoms with Crippen molar-refractivity contribution in [1.82, 2.24) is 40.0 Å². The zero-order chi connectivity index (χ0) is 32.2. The van der Waals surface area contributed by atoms with Gasteiger partial charge in [-0.1, -0.05) is 55.0 Å². The normalized spacial score (nSPS) is 13.8. The number of carbonyl (C=O) groups is 1. The number of anilines is 1. The number of aryl methyl sites for hydroxylation is 5. The van der Waals surface area contributed by atoms with E-state index >= 15 is 0 Å². The molecule has 0 radical (unpaired) electrons. The number of rotatable bonds is 12. The predicted octanol–water partition coefficient (Wildman–Crippen LogP) is 6.56. The van der Waals surface area contributed by atoms with E-state index in [1.165, 1.54) is 37.7 Å². The fourth-order valence-electron chi connectivity index (χ4n) is 6.43. The predicted molar refractivity (Wildman–Crippen MR) is 177 cm³/mol. The Morgan fingerprint density at radius 2 is 1.87 bits per heavy atom. The first-order chi connectivity index (χ1) is 22.4. The molecule has 242 valence electrons. The minimum absolute atomic E-state index is 0.219. The second-order valence-corrected chi connectivity index (χ2v) is 12.4. The molecule has 1 fully saturated rings. The zero-order valence-corrected chi connectivity index (χ0v) is 27.5. The smallest absolute Gasteiger partial charge is 0.274 e. The fraction of sp³-hybridized carbons (Fsp3) is 0.455. The van der Waals surface area contributed by atoms with Gasteiger partial charge in [0.05, 0.1) is 24.8 Å². The van der Waals surface area contributed by atoms with E-state index in [4.69, 9.17) is 31.2 Å². The number of hydrogen-bond donors (Lipinski definition) is 2. The van der Waals surface area contributed by atoms with Gasteiger partial charge in [-0.05, 0) is 61.9 Å². The molecule has 1 saturated carbocycles. The van der Waals surface area contributed by atoms with Crippen LogP contribution in [-0.2, 0) is 19.5 Å². The van der Waals surface area contributed by atoms with E-state index in [2.05, 4.69) is 51.9 Å². The number of H-pyrrole nitrogens is 1. The second kappa shape index (κ2) is 13.9. The van der Waals surface area contributed by atoms with Gasteiger partial charge in [-0.2, -0.15) is 10.2 Å². The van der Waals surface area contributed by atoms with Gasteiger partial charge in [0, 0.05) is 36.5 Å². The SMILES string of the molecule is COc1cc(-c2nc(NC(=O)c3cc4c(C)c(C)ccc4n3CCCc3nn[nH]n3)nn2CCC2CCCCC2)c(OC)cc1Cl. The summed E-state index contributed by atoms with van der Waals surface area (Å²) in [6, 6.07) is 9.63. The Labute approximate surface area is 272 Å². The highest BCUT2D eigenvalue weighted by Gasteiger charge is 2.24. The van der Waals surface area contributed by atoms with Crippen LogP contribution < -0.4 is 14.8 Å². The van der Waals surface area contributed by atoms with Crippen molar-refractivity contribution in [3.63, 3.8) is 0 Å². The van der Waals surface area contributed by atoms with Crippen molar-refractivity contribution < 1.29 is 14.3 Å². The van der Waals surface area contributed by atoms with Crippen LogP contribution in [0.3, 0.4) is 0 Å². The minimum atomic E-state index is -0.288. The van der Waals surface area contributed by atoms with Crippen molar-refractivity contribution in [2.24, 2.45) is 5.92 Å². The van der Waals surface area contributed by atoms with Gasteiger partial charge < -0.3 is 14.0 Å². The first-order valence-electron chi connectivity index (χ1n) is 15.9. The van der Waals surface area contributed by atoms with Gasteiger partial charge in [-0.15, -0.1) is 15.3 Å². The number of fused-ring (bicyclic) bond motifs is 1. The van der Waals surface area contributed by atoms with E-state index in [1.54, 1.807) is 26.4 Å². The maximum atomic E-state index is 14.0. The zero-order valence-electron chi connectivity index (χ0n) is 26.8. The Bertz CT molecular complexity index is 1820. The average molecular weight is 646 g/mol. The number of amides is 1. The van der Waals surface area contributed by atoms with Crippen molar-refractivity contribution in [2.75, 3.05) is 19.5 Å². The summed E-state index contributed by atoms with van der Waals surface area (Å²) in [5, 5.41) is 23.6. The van der Waals surface area contributed by atoms with Gasteiger partial charge >= 0.3 is 0 Å². The van der Waals surface area contributed by atoms with Crippen LogP contribution >= 0.6 is 11.6 Å². The molecule has 12 nitrogen and oxygen atoms in total. The monoisotopic (exact) mass is 645 g/mol. The van der Waals surface area contributed by atoms with Crippen molar-refractivity contribution in [2.45, 2.75) is 78.3 Å². The number of carbonyl (C=O) groups excluding carboxylic acids is 1. The highest BCUT2D eigenvalue weighted by molar-refractivity contribution is 6.32. The average Bonchev–Trinajstić information content (AvgIpc) is 3.82. The van der Waals surface area contributed by atoms with Gasteiger partial charge in [-0.25, -0.2) is 4.68 Å². The molecule has 1 aliphatic carbocycles. The third kappa shape index (κ3) is 6.57. The third-order valence-electron chi connectivity index (χ3n) is 9.12. The molecule has 3 aromatic heterocycles. The second-order valence-electron chi connectivity index (χ2n) is 12.0. The standard InChI is InChI=1S/C33H40ClN9O3/c1-20-12-13-26-23(21(20)2)17-27(42(26)15-8-11-30-37-40-41-38-30)32(44)36-33-35-31(24-18-29(46-4)25(34)19-28(24)45-3)43(39-33)16-14-22-9-6-5-7-10-22/h12-13,17-19,22H,5-11,14-16H2,1-4H3,(H,36,39,44)(H,37,38,40,41). The van der Waals surface area contributed by atoms with Crippen LogP contribution in [0.15, 0.2) is 30.3 Å². The van der Waals surface area contributed by atoms with Crippen molar-refractivity contribution in [3.05, 3.63) is 58.0 Å². The summed E-state index contributed by atoms with van der Waals surface area (Å²) >= 11 is 6.43. The van der Waals surface area contributed by atoms with E-state index in [1.807, 2.05) is 15.3 Å². The summed E-state index contributed by atoms with van der Waals surface area (Å²) in [6.45, 7) is 5.41. The molecule has 0 bridgehead atoms. The summed E-state index contributed by atoms with van der Waals surface area (Å²) < 4.78 is 15.1. The van der Waals surface area contributed by atoms with Crippen LogP contribution in [0, 0.1) is 19.8 Å². The maximum Gasteiger partial charge on any atom is 0.274 e. The molecule has 6 rings (SSSR count). The summed E-state index contributed by atoms with van der Waals surface area (Å²) in [6.07, 6.45) is 8.61. The van der Waals surface area contributed by atoms with Gasteiger partial charge in [0.25, 0.3) is 5.91 Å². The van der Waals surface area contributed by atoms with Crippen molar-refractivity contribution in [3.8, 4) is 22.9 Å². The molecule has 0 saturated heterocycles. The molecule has 13 heteroatoms. The molecule has 3 heterocycles. The molecule has 5 aromatic rings. The molecule has 0 unspecified atom stereocenters. The summed E-state index contributed by atoms with van der Waals surface area (Å²) in [4.78, 5) is 18.8. The van der Waals surface area contributed by atoms with Crippen LogP contribution in [0.2, 0.25) is 5.02 Å². The number of ether oxygens (including phenoxy) is 2. The van der Waals surface area contributed by atoms with E-state index < -0.39 is 0 Å². The highest BCUT2D eigenvalue weighted by atomic mass is 35.5. The van der Waals surface area contributed by atoms with Crippen LogP contribution in [0.1, 0.15) is 72.4 Å². The number of tetrazole rings is 1. The quantitative estimate of drug-likeness (QED) is 0.156. The number of halogens is 1. The van der Waals surface area contributed by atoms with Crippen LogP contribution in [0.5, 0.6) is 11.5 Å². The van der Waals surface area contributed by atoms with E-state index in [9.17, 15) is 4.79 Å². The number of aromatic nitrogens is 8. The highest BCUT2D eigenvalue weighted by Crippen LogP contribution is 2.39. The van der Waals surface area contributed by atoms with E-state index in [-0.39, 0.29) is 11.9 Å². The number of hydrogen-bond acceptors (Lipinski definition) is 8. The van der Waals surface area contributed by atoms with Crippen molar-refractivity contribution in [1.29, 1.82) is 0 Å². The summed E-state index contributed by atoms with van der Waals surface area (Å²) in [5.74, 6) is 2.83. The maximum absolute atomic E-state index is 14.0. The molecule has 1 amide bonds. The van der Waals surface area contributed by atoms with Gasteiger partial charge in [0.1, 0.15) is 17.2 Å². The van der Waals surface area contributed by atoms with Gasteiger partial charge in [0.2, 0.25) is 5.95 Å². The lowest BCUT2D eigenvalue weighted by molar-refractivity contribution is 0.101. The summed E-state index contributed by atoms with van der Waals surface area (Å²) in [5.41, 5.74) is 4.51.